The van der Waals surface area contributed by atoms with E-state index in [2.05, 4.69) is 15.0 Å². The minimum Gasteiger partial charge on any atom is -0.465 e. The second-order valence-electron chi connectivity index (χ2n) is 4.21. The first-order valence-corrected chi connectivity index (χ1v) is 5.67. The minimum absolute atomic E-state index is 0.214. The number of nitrogens with two attached hydrogens (primary N) is 1. The second-order valence-corrected chi connectivity index (χ2v) is 4.21. The molecule has 4 N–H and O–H groups in total. The third-order valence-corrected chi connectivity index (χ3v) is 2.83. The van der Waals surface area contributed by atoms with Gasteiger partial charge >= 0.3 is 5.97 Å². The van der Waals surface area contributed by atoms with Crippen molar-refractivity contribution in [1.29, 1.82) is 0 Å². The second kappa shape index (κ2) is 5.55. The number of esters is 1. The van der Waals surface area contributed by atoms with E-state index in [0.717, 1.165) is 0 Å². The smallest absolute Gasteiger partial charge is 0.339 e. The van der Waals surface area contributed by atoms with Gasteiger partial charge < -0.3 is 20.8 Å². The molecule has 1 heterocycles. The molecular weight excluding hydrogens is 250 g/mol. The van der Waals surface area contributed by atoms with Gasteiger partial charge in [-0.3, -0.25) is 9.59 Å². The maximum absolute atomic E-state index is 12.0. The molecule has 0 aliphatic carbocycles. The number of ether oxygens (including phenoxy) is 1. The van der Waals surface area contributed by atoms with Crippen molar-refractivity contribution >= 4 is 17.8 Å². The third-order valence-electron chi connectivity index (χ3n) is 2.83. The highest BCUT2D eigenvalue weighted by Crippen LogP contribution is 2.18. The van der Waals surface area contributed by atoms with Crippen LogP contribution in [0.2, 0.25) is 0 Å². The number of aryl methyl sites for hydroxylation is 1. The van der Waals surface area contributed by atoms with Crippen LogP contribution in [0.25, 0.3) is 0 Å². The summed E-state index contributed by atoms with van der Waals surface area (Å²) in [4.78, 5) is 37.2. The topological polar surface area (TPSA) is 114 Å². The van der Waals surface area contributed by atoms with Crippen LogP contribution >= 0.6 is 0 Å². The minimum atomic E-state index is -0.794. The summed E-state index contributed by atoms with van der Waals surface area (Å²) in [5.74, 6) is -1.65. The fourth-order valence-corrected chi connectivity index (χ4v) is 1.73. The summed E-state index contributed by atoms with van der Waals surface area (Å²) < 4.78 is 4.65. The van der Waals surface area contributed by atoms with E-state index in [1.807, 2.05) is 0 Å². The van der Waals surface area contributed by atoms with Crippen molar-refractivity contribution in [3.05, 3.63) is 22.5 Å². The number of aromatic amines is 1. The Bertz CT molecular complexity index is 533. The first-order valence-electron chi connectivity index (χ1n) is 5.67. The van der Waals surface area contributed by atoms with E-state index in [0.29, 0.717) is 16.8 Å². The van der Waals surface area contributed by atoms with E-state index < -0.39 is 23.8 Å². The molecule has 0 saturated carbocycles. The summed E-state index contributed by atoms with van der Waals surface area (Å²) >= 11 is 0. The molecule has 7 nitrogen and oxygen atoms in total. The lowest BCUT2D eigenvalue weighted by Crippen LogP contribution is -2.42. The Hall–Kier alpha value is -2.31. The van der Waals surface area contributed by atoms with E-state index in [1.165, 1.54) is 14.0 Å². The largest absolute Gasteiger partial charge is 0.465 e. The highest BCUT2D eigenvalue weighted by atomic mass is 16.5. The zero-order valence-electron chi connectivity index (χ0n) is 11.3. The van der Waals surface area contributed by atoms with Crippen molar-refractivity contribution in [3.8, 4) is 0 Å². The van der Waals surface area contributed by atoms with Gasteiger partial charge in [0.2, 0.25) is 5.91 Å². The van der Waals surface area contributed by atoms with Crippen LogP contribution in [0.3, 0.4) is 0 Å². The van der Waals surface area contributed by atoms with Crippen molar-refractivity contribution in [3.63, 3.8) is 0 Å². The van der Waals surface area contributed by atoms with Crippen molar-refractivity contribution in [2.45, 2.75) is 26.8 Å². The molecule has 0 radical (unpaired) electrons. The quantitative estimate of drug-likeness (QED) is 0.667. The molecule has 1 aromatic heterocycles. The molecule has 1 rings (SSSR count). The molecule has 0 bridgehead atoms. The van der Waals surface area contributed by atoms with Gasteiger partial charge in [-0.05, 0) is 26.3 Å². The van der Waals surface area contributed by atoms with Crippen LogP contribution in [0, 0.1) is 13.8 Å². The predicted octanol–water partition coefficient (Wildman–Crippen LogP) is 0.0217. The molecule has 0 spiro atoms. The molecule has 0 aromatic carbocycles. The van der Waals surface area contributed by atoms with Crippen molar-refractivity contribution < 1.29 is 19.1 Å². The molecular formula is C12H17N3O4. The molecule has 0 saturated heterocycles. The van der Waals surface area contributed by atoms with Gasteiger partial charge in [-0.1, -0.05) is 0 Å². The Morgan fingerprint density at radius 3 is 2.37 bits per heavy atom. The first-order chi connectivity index (χ1) is 8.79. The van der Waals surface area contributed by atoms with Crippen molar-refractivity contribution in [1.82, 2.24) is 10.3 Å². The molecule has 0 aliphatic rings. The summed E-state index contributed by atoms with van der Waals surface area (Å²) in [6.45, 7) is 4.76. The van der Waals surface area contributed by atoms with E-state index in [-0.39, 0.29) is 5.69 Å². The standard InChI is InChI=1S/C12H17N3O4/c1-5-8(12(18)19-4)6(2)14-9(5)11(17)15-7(3)10(13)16/h7,14H,1-4H3,(H2,13,16)(H,15,17)/t7-/m1/s1. The highest BCUT2D eigenvalue weighted by molar-refractivity contribution is 6.01. The Morgan fingerprint density at radius 2 is 1.89 bits per heavy atom. The summed E-state index contributed by atoms with van der Waals surface area (Å²) in [6.07, 6.45) is 0. The van der Waals surface area contributed by atoms with Gasteiger partial charge in [0.1, 0.15) is 11.7 Å². The molecule has 2 amide bonds. The Morgan fingerprint density at radius 1 is 1.32 bits per heavy atom. The number of aromatic nitrogens is 1. The van der Waals surface area contributed by atoms with Crippen LogP contribution < -0.4 is 11.1 Å². The van der Waals surface area contributed by atoms with Gasteiger partial charge in [0, 0.05) is 5.69 Å². The van der Waals surface area contributed by atoms with Gasteiger partial charge in [0.25, 0.3) is 5.91 Å². The maximum atomic E-state index is 12.0. The van der Waals surface area contributed by atoms with Crippen LogP contribution in [0.5, 0.6) is 0 Å². The van der Waals surface area contributed by atoms with Crippen molar-refractivity contribution in [2.24, 2.45) is 5.73 Å². The molecule has 0 aliphatic heterocycles. The fraction of sp³-hybridized carbons (Fsp3) is 0.417. The maximum Gasteiger partial charge on any atom is 0.339 e. The zero-order chi connectivity index (χ0) is 14.7. The molecule has 7 heteroatoms. The van der Waals surface area contributed by atoms with Crippen LogP contribution in [-0.2, 0) is 9.53 Å². The predicted molar refractivity (Wildman–Crippen MR) is 67.7 cm³/mol. The zero-order valence-corrected chi connectivity index (χ0v) is 11.3. The van der Waals surface area contributed by atoms with Crippen molar-refractivity contribution in [2.75, 3.05) is 7.11 Å². The Balaban J connectivity index is 3.06. The number of carbonyl (C=O) groups is 3. The molecule has 1 aromatic rings. The molecule has 19 heavy (non-hydrogen) atoms. The first kappa shape index (κ1) is 14.7. The Kier molecular flexibility index (Phi) is 4.31. The Labute approximate surface area is 110 Å². The molecule has 1 atom stereocenters. The van der Waals surface area contributed by atoms with Crippen LogP contribution in [-0.4, -0.2) is 35.9 Å². The number of hydrogen-bond donors (Lipinski definition) is 3. The number of primary amides is 1. The number of methoxy groups -OCH3 is 1. The monoisotopic (exact) mass is 267 g/mol. The lowest BCUT2D eigenvalue weighted by Gasteiger charge is -2.09. The van der Waals surface area contributed by atoms with Gasteiger partial charge in [-0.15, -0.1) is 0 Å². The summed E-state index contributed by atoms with van der Waals surface area (Å²) in [5.41, 5.74) is 6.60. The average Bonchev–Trinajstić information content (AvgIpc) is 2.63. The van der Waals surface area contributed by atoms with E-state index >= 15 is 0 Å². The van der Waals surface area contributed by atoms with Crippen LogP contribution in [0.15, 0.2) is 0 Å². The molecule has 0 fully saturated rings. The lowest BCUT2D eigenvalue weighted by molar-refractivity contribution is -0.119. The molecule has 0 unspecified atom stereocenters. The summed E-state index contributed by atoms with van der Waals surface area (Å²) in [6, 6.07) is -0.794. The van der Waals surface area contributed by atoms with E-state index in [9.17, 15) is 14.4 Å². The van der Waals surface area contributed by atoms with Gasteiger partial charge in [0.05, 0.1) is 12.7 Å². The number of carbonyl (C=O) groups excluding carboxylic acids is 3. The van der Waals surface area contributed by atoms with Crippen LogP contribution in [0.4, 0.5) is 0 Å². The fourth-order valence-electron chi connectivity index (χ4n) is 1.73. The van der Waals surface area contributed by atoms with E-state index in [1.54, 1.807) is 13.8 Å². The highest BCUT2D eigenvalue weighted by Gasteiger charge is 2.23. The number of H-pyrrole nitrogens is 1. The average molecular weight is 267 g/mol. The van der Waals surface area contributed by atoms with Gasteiger partial charge in [-0.2, -0.15) is 0 Å². The van der Waals surface area contributed by atoms with Gasteiger partial charge in [0.15, 0.2) is 0 Å². The SMILES string of the molecule is COC(=O)c1c(C)[nH]c(C(=O)N[C@H](C)C(N)=O)c1C. The van der Waals surface area contributed by atoms with Crippen LogP contribution in [0.1, 0.15) is 39.0 Å². The summed E-state index contributed by atoms with van der Waals surface area (Å²) in [7, 11) is 1.27. The number of amides is 2. The van der Waals surface area contributed by atoms with Gasteiger partial charge in [-0.25, -0.2) is 4.79 Å². The molecule has 104 valence electrons. The summed E-state index contributed by atoms with van der Waals surface area (Å²) in [5, 5.41) is 2.44. The third kappa shape index (κ3) is 2.93. The normalized spacial score (nSPS) is 11.8. The number of rotatable bonds is 4. The number of nitrogens with one attached hydrogen (secondary N) is 2. The lowest BCUT2D eigenvalue weighted by atomic mass is 10.1. The van der Waals surface area contributed by atoms with E-state index in [4.69, 9.17) is 5.73 Å². The number of hydrogen-bond acceptors (Lipinski definition) is 4.